The largest absolute Gasteiger partial charge is 0.481 e. The number of para-hydroxylation sites is 1. The number of carbonyl (C=O) groups excluding carboxylic acids is 1. The summed E-state index contributed by atoms with van der Waals surface area (Å²) >= 11 is 1.51. The summed E-state index contributed by atoms with van der Waals surface area (Å²) in [5.41, 5.74) is 2.77. The number of allylic oxidation sites excluding steroid dienone is 1. The molecule has 0 bridgehead atoms. The van der Waals surface area contributed by atoms with Crippen LogP contribution in [0.4, 0.5) is 0 Å². The van der Waals surface area contributed by atoms with Gasteiger partial charge in [-0.3, -0.25) is 4.79 Å². The summed E-state index contributed by atoms with van der Waals surface area (Å²) in [5.74, 6) is -1.31. The zero-order chi connectivity index (χ0) is 18.5. The van der Waals surface area contributed by atoms with E-state index >= 15 is 0 Å². The quantitative estimate of drug-likeness (QED) is 0.650. The molecule has 26 heavy (non-hydrogen) atoms. The Morgan fingerprint density at radius 2 is 1.85 bits per heavy atom. The fourth-order valence-corrected chi connectivity index (χ4v) is 3.61. The third kappa shape index (κ3) is 3.97. The van der Waals surface area contributed by atoms with Gasteiger partial charge in [0.25, 0.3) is 0 Å². The van der Waals surface area contributed by atoms with Crippen LogP contribution in [-0.4, -0.2) is 29.1 Å². The molecule has 0 amide bonds. The van der Waals surface area contributed by atoms with Gasteiger partial charge in [0.1, 0.15) is 5.01 Å². The first-order chi connectivity index (χ1) is 12.6. The number of hydrogen-bond acceptors (Lipinski definition) is 5. The number of rotatable bonds is 6. The molecule has 0 atom stereocenters. The lowest BCUT2D eigenvalue weighted by molar-refractivity contribution is -0.136. The fraction of sp³-hybridized carbons (Fsp3) is 0.150. The number of aliphatic carboxylic acids is 1. The van der Waals surface area contributed by atoms with Gasteiger partial charge in [-0.2, -0.15) is 0 Å². The summed E-state index contributed by atoms with van der Waals surface area (Å²) in [4.78, 5) is 27.7. The first-order valence-electron chi connectivity index (χ1n) is 8.04. The number of fused-ring (bicyclic) bond motifs is 1. The number of carboxylic acids is 1. The first kappa shape index (κ1) is 17.8. The van der Waals surface area contributed by atoms with Gasteiger partial charge in [-0.15, -0.1) is 11.3 Å². The molecule has 1 N–H and O–H groups in total. The molecule has 132 valence electrons. The normalized spacial score (nSPS) is 11.5. The van der Waals surface area contributed by atoms with Crippen LogP contribution in [-0.2, 0) is 9.53 Å². The zero-order valence-corrected chi connectivity index (χ0v) is 15.0. The molecular formula is C20H17NO4S. The van der Waals surface area contributed by atoms with Crippen molar-refractivity contribution >= 4 is 45.1 Å². The van der Waals surface area contributed by atoms with Crippen LogP contribution in [0.1, 0.15) is 33.8 Å². The molecule has 0 aliphatic carbocycles. The zero-order valence-electron chi connectivity index (χ0n) is 14.1. The van der Waals surface area contributed by atoms with Gasteiger partial charge in [-0.1, -0.05) is 30.3 Å². The van der Waals surface area contributed by atoms with E-state index in [0.29, 0.717) is 17.5 Å². The second-order valence-corrected chi connectivity index (χ2v) is 6.66. The Hall–Kier alpha value is -2.99. The lowest BCUT2D eigenvalue weighted by atomic mass is 10.0. The van der Waals surface area contributed by atoms with Crippen molar-refractivity contribution in [3.8, 4) is 0 Å². The fourth-order valence-electron chi connectivity index (χ4n) is 2.60. The van der Waals surface area contributed by atoms with Gasteiger partial charge in [-0.25, -0.2) is 9.78 Å². The minimum absolute atomic E-state index is 0.0118. The van der Waals surface area contributed by atoms with Gasteiger partial charge < -0.3 is 9.84 Å². The smallest absolute Gasteiger partial charge is 0.338 e. The predicted molar refractivity (Wildman–Crippen MR) is 102 cm³/mol. The second kappa shape index (κ2) is 7.93. The number of nitrogens with zero attached hydrogens (tertiary/aromatic N) is 1. The standard InChI is InChI=1S/C20H17NO4S/c1-25-20(24)15-7-3-2-6-13(15)12-14(10-11-18(22)23)19-21-16-8-4-5-9-17(16)26-19/h2-9,12H,10-11H2,1H3,(H,22,23)/b14-12+. The van der Waals surface area contributed by atoms with Crippen LogP contribution in [0.15, 0.2) is 48.5 Å². The summed E-state index contributed by atoms with van der Waals surface area (Å²) in [6, 6.07) is 14.8. The lowest BCUT2D eigenvalue weighted by Gasteiger charge is -2.07. The van der Waals surface area contributed by atoms with Crippen molar-refractivity contribution in [1.82, 2.24) is 4.98 Å². The van der Waals surface area contributed by atoms with Crippen molar-refractivity contribution in [2.24, 2.45) is 0 Å². The minimum Gasteiger partial charge on any atom is -0.481 e. The summed E-state index contributed by atoms with van der Waals surface area (Å²) in [5, 5.41) is 9.83. The van der Waals surface area contributed by atoms with Crippen molar-refractivity contribution in [3.05, 3.63) is 64.7 Å². The highest BCUT2D eigenvalue weighted by molar-refractivity contribution is 7.19. The molecule has 0 saturated heterocycles. The highest BCUT2D eigenvalue weighted by Gasteiger charge is 2.14. The van der Waals surface area contributed by atoms with E-state index in [2.05, 4.69) is 4.98 Å². The second-order valence-electron chi connectivity index (χ2n) is 5.63. The van der Waals surface area contributed by atoms with Gasteiger partial charge in [0.15, 0.2) is 0 Å². The van der Waals surface area contributed by atoms with E-state index in [1.165, 1.54) is 18.4 Å². The molecule has 0 saturated carbocycles. The Bertz CT molecular complexity index is 957. The Morgan fingerprint density at radius 3 is 2.58 bits per heavy atom. The molecule has 0 unspecified atom stereocenters. The SMILES string of the molecule is COC(=O)c1ccccc1/C=C(\CCC(=O)O)c1nc2ccccc2s1. The van der Waals surface area contributed by atoms with Crippen molar-refractivity contribution in [3.63, 3.8) is 0 Å². The highest BCUT2D eigenvalue weighted by atomic mass is 32.1. The molecule has 5 nitrogen and oxygen atoms in total. The molecule has 0 aliphatic rings. The summed E-state index contributed by atoms with van der Waals surface area (Å²) in [7, 11) is 1.34. The van der Waals surface area contributed by atoms with Crippen LogP contribution < -0.4 is 0 Å². The van der Waals surface area contributed by atoms with Crippen LogP contribution in [0, 0.1) is 0 Å². The van der Waals surface area contributed by atoms with Crippen LogP contribution in [0.2, 0.25) is 0 Å². The number of thiazole rings is 1. The predicted octanol–water partition coefficient (Wildman–Crippen LogP) is 4.49. The topological polar surface area (TPSA) is 76.5 Å². The number of benzene rings is 2. The number of methoxy groups -OCH3 is 1. The highest BCUT2D eigenvalue weighted by Crippen LogP contribution is 2.31. The average molecular weight is 367 g/mol. The monoisotopic (exact) mass is 367 g/mol. The summed E-state index contributed by atoms with van der Waals surface area (Å²) < 4.78 is 5.87. The molecule has 3 aromatic rings. The van der Waals surface area contributed by atoms with E-state index in [1.807, 2.05) is 36.4 Å². The van der Waals surface area contributed by atoms with Gasteiger partial charge in [0, 0.05) is 6.42 Å². The summed E-state index contributed by atoms with van der Waals surface area (Å²) in [6.45, 7) is 0. The van der Waals surface area contributed by atoms with Crippen molar-refractivity contribution < 1.29 is 19.4 Å². The summed E-state index contributed by atoms with van der Waals surface area (Å²) in [6.07, 6.45) is 2.14. The Kier molecular flexibility index (Phi) is 5.43. The molecule has 0 fully saturated rings. The maximum Gasteiger partial charge on any atom is 0.338 e. The molecule has 6 heteroatoms. The van der Waals surface area contributed by atoms with Crippen molar-refractivity contribution in [2.75, 3.05) is 7.11 Å². The maximum atomic E-state index is 12.0. The Morgan fingerprint density at radius 1 is 1.12 bits per heavy atom. The van der Waals surface area contributed by atoms with Crippen molar-refractivity contribution in [1.29, 1.82) is 0 Å². The van der Waals surface area contributed by atoms with E-state index < -0.39 is 11.9 Å². The minimum atomic E-state index is -0.877. The van der Waals surface area contributed by atoms with Crippen LogP contribution in [0.5, 0.6) is 0 Å². The number of aromatic nitrogens is 1. The Balaban J connectivity index is 2.08. The number of carbonyl (C=O) groups is 2. The molecule has 0 spiro atoms. The third-order valence-electron chi connectivity index (χ3n) is 3.87. The molecule has 2 aromatic carbocycles. The molecule has 1 aromatic heterocycles. The van der Waals surface area contributed by atoms with E-state index in [1.54, 1.807) is 18.2 Å². The number of hydrogen-bond donors (Lipinski definition) is 1. The number of esters is 1. The van der Waals surface area contributed by atoms with E-state index in [4.69, 9.17) is 9.84 Å². The van der Waals surface area contributed by atoms with Gasteiger partial charge in [0.05, 0.1) is 22.9 Å². The molecule has 1 heterocycles. The van der Waals surface area contributed by atoms with Crippen LogP contribution in [0.3, 0.4) is 0 Å². The Labute approximate surface area is 154 Å². The molecular weight excluding hydrogens is 350 g/mol. The van der Waals surface area contributed by atoms with Gasteiger partial charge in [-0.05, 0) is 41.8 Å². The van der Waals surface area contributed by atoms with Crippen LogP contribution in [0.25, 0.3) is 21.9 Å². The average Bonchev–Trinajstić information content (AvgIpc) is 3.08. The van der Waals surface area contributed by atoms with E-state index in [9.17, 15) is 9.59 Å². The number of ether oxygens (including phenoxy) is 1. The lowest BCUT2D eigenvalue weighted by Crippen LogP contribution is -2.03. The van der Waals surface area contributed by atoms with Gasteiger partial charge >= 0.3 is 11.9 Å². The number of carboxylic acid groups (broad SMARTS) is 1. The maximum absolute atomic E-state index is 12.0. The van der Waals surface area contributed by atoms with E-state index in [-0.39, 0.29) is 6.42 Å². The molecule has 0 aliphatic heterocycles. The van der Waals surface area contributed by atoms with E-state index in [0.717, 1.165) is 20.8 Å². The first-order valence-corrected chi connectivity index (χ1v) is 8.86. The third-order valence-corrected chi connectivity index (χ3v) is 4.98. The molecule has 3 rings (SSSR count). The van der Waals surface area contributed by atoms with Crippen LogP contribution >= 0.6 is 11.3 Å². The van der Waals surface area contributed by atoms with Crippen molar-refractivity contribution in [2.45, 2.75) is 12.8 Å². The molecule has 0 radical (unpaired) electrons. The van der Waals surface area contributed by atoms with Gasteiger partial charge in [0.2, 0.25) is 0 Å².